The highest BCUT2D eigenvalue weighted by atomic mass is 79.9. The fourth-order valence-electron chi connectivity index (χ4n) is 1.59. The maximum absolute atomic E-state index is 13.6. The molecule has 0 aliphatic rings. The van der Waals surface area contributed by atoms with Crippen LogP contribution in [0.2, 0.25) is 5.02 Å². The molecular weight excluding hydrogens is 390 g/mol. The van der Waals surface area contributed by atoms with Gasteiger partial charge in [-0.15, -0.1) is 0 Å². The van der Waals surface area contributed by atoms with Gasteiger partial charge >= 0.3 is 0 Å². The first kappa shape index (κ1) is 16.0. The number of nitrogen functional groups attached to an aromatic ring is 1. The molecule has 0 saturated heterocycles. The van der Waals surface area contributed by atoms with E-state index in [4.69, 9.17) is 17.3 Å². The number of nitrogens with one attached hydrogen (secondary N) is 1. The van der Waals surface area contributed by atoms with E-state index in [2.05, 4.69) is 15.9 Å². The molecule has 112 valence electrons. The summed E-state index contributed by atoms with van der Waals surface area (Å²) in [6.07, 6.45) is 0. The number of rotatable bonds is 3. The first-order chi connectivity index (χ1) is 9.70. The molecule has 4 nitrogen and oxygen atoms in total. The van der Waals surface area contributed by atoms with Gasteiger partial charge in [-0.1, -0.05) is 27.5 Å². The predicted molar refractivity (Wildman–Crippen MR) is 80.7 cm³/mol. The second-order valence-electron chi connectivity index (χ2n) is 4.03. The lowest BCUT2D eigenvalue weighted by Gasteiger charge is -2.12. The van der Waals surface area contributed by atoms with E-state index in [0.717, 1.165) is 6.07 Å². The van der Waals surface area contributed by atoms with Crippen LogP contribution in [0.1, 0.15) is 0 Å². The van der Waals surface area contributed by atoms with E-state index in [1.807, 2.05) is 4.72 Å². The van der Waals surface area contributed by atoms with Crippen LogP contribution in [0.15, 0.2) is 39.7 Å². The third-order valence-corrected chi connectivity index (χ3v) is 4.72. The molecule has 0 atom stereocenters. The maximum Gasteiger partial charge on any atom is 0.264 e. The van der Waals surface area contributed by atoms with Gasteiger partial charge in [-0.05, 0) is 24.3 Å². The molecule has 0 amide bonds. The van der Waals surface area contributed by atoms with Crippen molar-refractivity contribution in [1.82, 2.24) is 0 Å². The molecule has 2 aromatic carbocycles. The molecular formula is C12H8BrClF2N2O2S. The molecule has 0 radical (unpaired) electrons. The van der Waals surface area contributed by atoms with Crippen molar-refractivity contribution in [2.45, 2.75) is 4.90 Å². The fraction of sp³-hybridized carbons (Fsp3) is 0. The minimum Gasteiger partial charge on any atom is -0.398 e. The van der Waals surface area contributed by atoms with Gasteiger partial charge in [0.05, 0.1) is 10.7 Å². The third kappa shape index (κ3) is 3.45. The van der Waals surface area contributed by atoms with Gasteiger partial charge < -0.3 is 5.73 Å². The minimum absolute atomic E-state index is 0.0319. The van der Waals surface area contributed by atoms with Gasteiger partial charge in [0, 0.05) is 10.5 Å². The van der Waals surface area contributed by atoms with Crippen molar-refractivity contribution < 1.29 is 17.2 Å². The summed E-state index contributed by atoms with van der Waals surface area (Å²) >= 11 is 8.79. The predicted octanol–water partition coefficient (Wildman–Crippen LogP) is 3.76. The van der Waals surface area contributed by atoms with E-state index >= 15 is 0 Å². The van der Waals surface area contributed by atoms with E-state index in [1.165, 1.54) is 18.2 Å². The zero-order chi connectivity index (χ0) is 15.8. The summed E-state index contributed by atoms with van der Waals surface area (Å²) in [5, 5.41) is -0.397. The standard InChI is InChI=1S/C12H8BrClF2N2O2S/c13-6-1-2-11(10(17)3-6)21(19,20)18-12-8(14)4-7(15)5-9(12)16/h1-5,18H,17H2. The summed E-state index contributed by atoms with van der Waals surface area (Å²) in [4.78, 5) is -0.245. The van der Waals surface area contributed by atoms with Crippen molar-refractivity contribution in [1.29, 1.82) is 0 Å². The molecule has 0 aromatic heterocycles. The monoisotopic (exact) mass is 396 g/mol. The minimum atomic E-state index is -4.16. The Hall–Kier alpha value is -1.38. The van der Waals surface area contributed by atoms with Crippen LogP contribution in [0.25, 0.3) is 0 Å². The maximum atomic E-state index is 13.6. The molecule has 2 rings (SSSR count). The van der Waals surface area contributed by atoms with Crippen LogP contribution >= 0.6 is 27.5 Å². The van der Waals surface area contributed by atoms with Gasteiger partial charge in [-0.3, -0.25) is 4.72 Å². The van der Waals surface area contributed by atoms with Crippen LogP contribution < -0.4 is 10.5 Å². The zero-order valence-electron chi connectivity index (χ0n) is 10.2. The molecule has 0 fully saturated rings. The second kappa shape index (κ2) is 5.78. The van der Waals surface area contributed by atoms with Crippen molar-refractivity contribution in [2.24, 2.45) is 0 Å². The number of benzene rings is 2. The van der Waals surface area contributed by atoms with Crippen LogP contribution in [0, 0.1) is 11.6 Å². The Kier molecular flexibility index (Phi) is 4.40. The van der Waals surface area contributed by atoms with Crippen molar-refractivity contribution in [3.63, 3.8) is 0 Å². The molecule has 0 heterocycles. The molecule has 0 aliphatic heterocycles. The second-order valence-corrected chi connectivity index (χ2v) is 7.01. The van der Waals surface area contributed by atoms with Gasteiger partial charge in [0.25, 0.3) is 10.0 Å². The Bertz CT molecular complexity index is 792. The summed E-state index contributed by atoms with van der Waals surface area (Å²) in [5.74, 6) is -2.04. The van der Waals surface area contributed by atoms with Crippen LogP contribution in [-0.4, -0.2) is 8.42 Å². The molecule has 21 heavy (non-hydrogen) atoms. The largest absolute Gasteiger partial charge is 0.398 e. The van der Waals surface area contributed by atoms with Gasteiger partial charge in [-0.2, -0.15) is 0 Å². The van der Waals surface area contributed by atoms with E-state index < -0.39 is 32.4 Å². The molecule has 2 aromatic rings. The topological polar surface area (TPSA) is 72.2 Å². The van der Waals surface area contributed by atoms with Crippen molar-refractivity contribution in [3.8, 4) is 0 Å². The van der Waals surface area contributed by atoms with Gasteiger partial charge in [0.15, 0.2) is 5.82 Å². The number of sulfonamides is 1. The lowest BCUT2D eigenvalue weighted by molar-refractivity contribution is 0.583. The van der Waals surface area contributed by atoms with Gasteiger partial charge in [0.1, 0.15) is 16.4 Å². The Morgan fingerprint density at radius 3 is 2.43 bits per heavy atom. The van der Waals surface area contributed by atoms with Crippen LogP contribution in [0.3, 0.4) is 0 Å². The summed E-state index contributed by atoms with van der Waals surface area (Å²) in [6.45, 7) is 0. The molecule has 9 heteroatoms. The Balaban J connectivity index is 2.47. The summed E-state index contributed by atoms with van der Waals surface area (Å²) in [7, 11) is -4.16. The Labute approximate surface area is 133 Å². The first-order valence-corrected chi connectivity index (χ1v) is 8.08. The van der Waals surface area contributed by atoms with Crippen molar-refractivity contribution in [3.05, 3.63) is 51.5 Å². The van der Waals surface area contributed by atoms with E-state index in [-0.39, 0.29) is 10.6 Å². The highest BCUT2D eigenvalue weighted by Crippen LogP contribution is 2.30. The summed E-state index contributed by atoms with van der Waals surface area (Å²) in [6, 6.07) is 5.42. The number of hydrogen-bond acceptors (Lipinski definition) is 3. The number of nitrogens with two attached hydrogens (primary N) is 1. The Morgan fingerprint density at radius 2 is 1.86 bits per heavy atom. The normalized spacial score (nSPS) is 11.4. The van der Waals surface area contributed by atoms with Crippen molar-refractivity contribution in [2.75, 3.05) is 10.5 Å². The summed E-state index contributed by atoms with van der Waals surface area (Å²) in [5.41, 5.74) is 5.05. The van der Waals surface area contributed by atoms with Gasteiger partial charge in [-0.25, -0.2) is 17.2 Å². The van der Waals surface area contributed by atoms with E-state index in [1.54, 1.807) is 0 Å². The average molecular weight is 398 g/mol. The lowest BCUT2D eigenvalue weighted by atomic mass is 10.3. The van der Waals surface area contributed by atoms with E-state index in [9.17, 15) is 17.2 Å². The highest BCUT2D eigenvalue weighted by Gasteiger charge is 2.21. The quantitative estimate of drug-likeness (QED) is 0.775. The highest BCUT2D eigenvalue weighted by molar-refractivity contribution is 9.10. The number of anilines is 2. The number of hydrogen-bond donors (Lipinski definition) is 2. The van der Waals surface area contributed by atoms with Crippen LogP contribution in [0.4, 0.5) is 20.2 Å². The molecule has 0 spiro atoms. The SMILES string of the molecule is Nc1cc(Br)ccc1S(=O)(=O)Nc1c(F)cc(F)cc1Cl. The van der Waals surface area contributed by atoms with Crippen molar-refractivity contribution >= 4 is 48.9 Å². The molecule has 0 aliphatic carbocycles. The first-order valence-electron chi connectivity index (χ1n) is 5.43. The lowest BCUT2D eigenvalue weighted by Crippen LogP contribution is -2.16. The molecule has 0 saturated carbocycles. The van der Waals surface area contributed by atoms with E-state index in [0.29, 0.717) is 10.5 Å². The average Bonchev–Trinajstić information content (AvgIpc) is 2.33. The van der Waals surface area contributed by atoms with Gasteiger partial charge in [0.2, 0.25) is 0 Å². The van der Waals surface area contributed by atoms with Crippen LogP contribution in [-0.2, 0) is 10.0 Å². The molecule has 0 bridgehead atoms. The molecule has 0 unspecified atom stereocenters. The summed E-state index contributed by atoms with van der Waals surface area (Å²) < 4.78 is 53.5. The third-order valence-electron chi connectivity index (χ3n) is 2.50. The Morgan fingerprint density at radius 1 is 1.19 bits per heavy atom. The smallest absolute Gasteiger partial charge is 0.264 e. The molecule has 3 N–H and O–H groups in total. The zero-order valence-corrected chi connectivity index (χ0v) is 13.4. The van der Waals surface area contributed by atoms with Crippen LogP contribution in [0.5, 0.6) is 0 Å². The fourth-order valence-corrected chi connectivity index (χ4v) is 3.47. The number of halogens is 4.